The van der Waals surface area contributed by atoms with Gasteiger partial charge in [-0.15, -0.1) is 0 Å². The molecule has 1 rings (SSSR count). The first-order valence-corrected chi connectivity index (χ1v) is 12.4. The van der Waals surface area contributed by atoms with Gasteiger partial charge in [0.25, 0.3) is 0 Å². The second-order valence-corrected chi connectivity index (χ2v) is 11.0. The lowest BCUT2D eigenvalue weighted by Crippen LogP contribution is -2.40. The molecule has 1 aromatic rings. The van der Waals surface area contributed by atoms with E-state index in [4.69, 9.17) is 11.6 Å². The fraction of sp³-hybridized carbons (Fsp3) is 0.647. The summed E-state index contributed by atoms with van der Waals surface area (Å²) < 4.78 is 51.4. The smallest absolute Gasteiger partial charge is 0.244 e. The summed E-state index contributed by atoms with van der Waals surface area (Å²) in [7, 11) is -7.45. The standard InChI is InChI=1S/C17H29ClN2O4S2/c1-6-19(7-2)10-11-20(13-14(3)4)26(23,24)17-12-15(25(5,21)22)8-9-16(17)18/h8-9,12,14H,6-7,10-11,13H2,1-5H3. The first kappa shape index (κ1) is 23.4. The number of likely N-dealkylation sites (N-methyl/N-ethyl adjacent to an activating group) is 1. The molecule has 0 unspecified atom stereocenters. The van der Waals surface area contributed by atoms with Gasteiger partial charge in [-0.2, -0.15) is 4.31 Å². The Kier molecular flexibility index (Phi) is 8.54. The van der Waals surface area contributed by atoms with E-state index in [9.17, 15) is 16.8 Å². The highest BCUT2D eigenvalue weighted by atomic mass is 35.5. The molecule has 0 aliphatic rings. The SMILES string of the molecule is CCN(CC)CCN(CC(C)C)S(=O)(=O)c1cc(S(C)(=O)=O)ccc1Cl. The van der Waals surface area contributed by atoms with Crippen molar-refractivity contribution >= 4 is 31.5 Å². The highest BCUT2D eigenvalue weighted by Gasteiger charge is 2.28. The lowest BCUT2D eigenvalue weighted by Gasteiger charge is -2.27. The number of benzene rings is 1. The number of hydrogen-bond donors (Lipinski definition) is 0. The van der Waals surface area contributed by atoms with Gasteiger partial charge in [0, 0.05) is 25.9 Å². The van der Waals surface area contributed by atoms with E-state index in [0.29, 0.717) is 19.6 Å². The molecule has 0 aromatic heterocycles. The fourth-order valence-corrected chi connectivity index (χ4v) is 5.38. The third-order valence-corrected chi connectivity index (χ3v) is 7.53. The van der Waals surface area contributed by atoms with Gasteiger partial charge in [-0.25, -0.2) is 16.8 Å². The third-order valence-electron chi connectivity index (χ3n) is 4.08. The summed E-state index contributed by atoms with van der Waals surface area (Å²) >= 11 is 6.12. The van der Waals surface area contributed by atoms with Gasteiger partial charge >= 0.3 is 0 Å². The highest BCUT2D eigenvalue weighted by Crippen LogP contribution is 2.28. The monoisotopic (exact) mass is 424 g/mol. The zero-order valence-electron chi connectivity index (χ0n) is 16.1. The van der Waals surface area contributed by atoms with Gasteiger partial charge in [0.05, 0.1) is 9.92 Å². The molecule has 150 valence electrons. The van der Waals surface area contributed by atoms with Crippen LogP contribution < -0.4 is 0 Å². The van der Waals surface area contributed by atoms with Crippen molar-refractivity contribution < 1.29 is 16.8 Å². The third kappa shape index (κ3) is 6.20. The van der Waals surface area contributed by atoms with Crippen LogP contribution in [0.2, 0.25) is 5.02 Å². The van der Waals surface area contributed by atoms with Crippen LogP contribution >= 0.6 is 11.6 Å². The maximum Gasteiger partial charge on any atom is 0.244 e. The lowest BCUT2D eigenvalue weighted by molar-refractivity contribution is 0.262. The second-order valence-electron chi connectivity index (χ2n) is 6.65. The molecule has 0 atom stereocenters. The minimum absolute atomic E-state index is 0.0222. The van der Waals surface area contributed by atoms with E-state index in [1.165, 1.54) is 16.4 Å². The molecule has 0 spiro atoms. The van der Waals surface area contributed by atoms with E-state index in [-0.39, 0.29) is 20.7 Å². The van der Waals surface area contributed by atoms with Gasteiger partial charge in [-0.3, -0.25) is 0 Å². The Morgan fingerprint density at radius 2 is 1.62 bits per heavy atom. The van der Waals surface area contributed by atoms with E-state index >= 15 is 0 Å². The summed E-state index contributed by atoms with van der Waals surface area (Å²) in [4.78, 5) is 1.91. The summed E-state index contributed by atoms with van der Waals surface area (Å²) in [6.07, 6.45) is 1.04. The Hall–Kier alpha value is -0.670. The average Bonchev–Trinajstić information content (AvgIpc) is 2.53. The number of halogens is 1. The molecule has 0 fully saturated rings. The van der Waals surface area contributed by atoms with Crippen molar-refractivity contribution in [2.45, 2.75) is 37.5 Å². The molecule has 0 radical (unpaired) electrons. The Balaban J connectivity index is 3.31. The van der Waals surface area contributed by atoms with Crippen molar-refractivity contribution in [3.8, 4) is 0 Å². The summed E-state index contributed by atoms with van der Waals surface area (Å²) in [6.45, 7) is 10.8. The van der Waals surface area contributed by atoms with E-state index < -0.39 is 19.9 Å². The molecule has 0 aliphatic heterocycles. The van der Waals surface area contributed by atoms with Crippen LogP contribution in [0.15, 0.2) is 28.0 Å². The second kappa shape index (κ2) is 9.50. The first-order chi connectivity index (χ1) is 11.9. The van der Waals surface area contributed by atoms with Crippen molar-refractivity contribution in [1.82, 2.24) is 9.21 Å². The molecular formula is C17H29ClN2O4S2. The number of hydrogen-bond acceptors (Lipinski definition) is 5. The van der Waals surface area contributed by atoms with Crippen molar-refractivity contribution in [3.05, 3.63) is 23.2 Å². The predicted molar refractivity (Wildman–Crippen MR) is 106 cm³/mol. The van der Waals surface area contributed by atoms with Crippen LogP contribution in [0.4, 0.5) is 0 Å². The van der Waals surface area contributed by atoms with E-state index in [0.717, 1.165) is 25.4 Å². The zero-order chi connectivity index (χ0) is 20.1. The van der Waals surface area contributed by atoms with Crippen molar-refractivity contribution in [2.24, 2.45) is 5.92 Å². The Morgan fingerprint density at radius 1 is 1.04 bits per heavy atom. The van der Waals surface area contributed by atoms with Crippen molar-refractivity contribution in [3.63, 3.8) is 0 Å². The molecule has 0 aliphatic carbocycles. The largest absolute Gasteiger partial charge is 0.303 e. The van der Waals surface area contributed by atoms with Gasteiger partial charge < -0.3 is 4.90 Å². The molecule has 26 heavy (non-hydrogen) atoms. The van der Waals surface area contributed by atoms with E-state index in [2.05, 4.69) is 4.90 Å². The zero-order valence-corrected chi connectivity index (χ0v) is 18.5. The summed E-state index contributed by atoms with van der Waals surface area (Å²) in [5, 5.41) is 0.0222. The molecule has 6 nitrogen and oxygen atoms in total. The Morgan fingerprint density at radius 3 is 2.08 bits per heavy atom. The van der Waals surface area contributed by atoms with E-state index in [1.54, 1.807) is 0 Å². The molecule has 0 saturated carbocycles. The van der Waals surface area contributed by atoms with Crippen LogP contribution in [0.25, 0.3) is 0 Å². The maximum absolute atomic E-state index is 13.2. The number of sulfonamides is 1. The number of nitrogens with zero attached hydrogens (tertiary/aromatic N) is 2. The minimum Gasteiger partial charge on any atom is -0.303 e. The van der Waals surface area contributed by atoms with Crippen LogP contribution in [-0.4, -0.2) is 65.0 Å². The molecule has 9 heteroatoms. The lowest BCUT2D eigenvalue weighted by atomic mass is 10.2. The summed E-state index contributed by atoms with van der Waals surface area (Å²) in [5.41, 5.74) is 0. The van der Waals surface area contributed by atoms with Crippen LogP contribution in [0.3, 0.4) is 0 Å². The van der Waals surface area contributed by atoms with Gasteiger partial charge in [-0.05, 0) is 37.2 Å². The van der Waals surface area contributed by atoms with Crippen LogP contribution in [0.1, 0.15) is 27.7 Å². The van der Waals surface area contributed by atoms with Crippen LogP contribution in [0.5, 0.6) is 0 Å². The van der Waals surface area contributed by atoms with Crippen molar-refractivity contribution in [2.75, 3.05) is 39.0 Å². The topological polar surface area (TPSA) is 74.8 Å². The molecule has 0 saturated heterocycles. The average molecular weight is 425 g/mol. The predicted octanol–water partition coefficient (Wildman–Crippen LogP) is 2.73. The van der Waals surface area contributed by atoms with Gasteiger partial charge in [0.1, 0.15) is 4.90 Å². The van der Waals surface area contributed by atoms with E-state index in [1.807, 2.05) is 27.7 Å². The maximum atomic E-state index is 13.2. The summed E-state index contributed by atoms with van der Waals surface area (Å²) in [6, 6.07) is 3.79. The highest BCUT2D eigenvalue weighted by molar-refractivity contribution is 7.91. The molecule has 1 aromatic carbocycles. The Labute approximate surface area is 163 Å². The molecular weight excluding hydrogens is 396 g/mol. The molecule has 0 N–H and O–H groups in total. The van der Waals surface area contributed by atoms with Gasteiger partial charge in [0.15, 0.2) is 9.84 Å². The molecule has 0 amide bonds. The first-order valence-electron chi connectivity index (χ1n) is 8.65. The molecule has 0 heterocycles. The summed E-state index contributed by atoms with van der Waals surface area (Å²) in [5.74, 6) is 0.123. The number of rotatable bonds is 10. The van der Waals surface area contributed by atoms with Crippen LogP contribution in [0, 0.1) is 5.92 Å². The van der Waals surface area contributed by atoms with Gasteiger partial charge in [-0.1, -0.05) is 39.3 Å². The Bertz CT molecular complexity index is 804. The number of sulfone groups is 1. The van der Waals surface area contributed by atoms with Crippen molar-refractivity contribution in [1.29, 1.82) is 0 Å². The quantitative estimate of drug-likeness (QED) is 0.577. The van der Waals surface area contributed by atoms with Crippen LogP contribution in [-0.2, 0) is 19.9 Å². The fourth-order valence-electron chi connectivity index (χ4n) is 2.56. The minimum atomic E-state index is -3.91. The normalized spacial score (nSPS) is 13.1. The van der Waals surface area contributed by atoms with Gasteiger partial charge in [0.2, 0.25) is 10.0 Å². The molecule has 0 bridgehead atoms.